The van der Waals surface area contributed by atoms with Gasteiger partial charge in [0.25, 0.3) is 0 Å². The lowest BCUT2D eigenvalue weighted by Gasteiger charge is -2.08. The van der Waals surface area contributed by atoms with E-state index >= 15 is 0 Å². The van der Waals surface area contributed by atoms with Gasteiger partial charge in [0.1, 0.15) is 5.75 Å². The Hall–Kier alpha value is -1.32. The first-order chi connectivity index (χ1) is 8.19. The first-order valence-electron chi connectivity index (χ1n) is 5.55. The molecule has 0 amide bonds. The van der Waals surface area contributed by atoms with Crippen molar-refractivity contribution >= 4 is 11.3 Å². The van der Waals surface area contributed by atoms with E-state index in [0.29, 0.717) is 6.42 Å². The van der Waals surface area contributed by atoms with Gasteiger partial charge in [0.15, 0.2) is 0 Å². The van der Waals surface area contributed by atoms with Crippen LogP contribution in [0.2, 0.25) is 0 Å². The summed E-state index contributed by atoms with van der Waals surface area (Å²) in [5.41, 5.74) is 2.38. The van der Waals surface area contributed by atoms with Gasteiger partial charge < -0.3 is 9.84 Å². The van der Waals surface area contributed by atoms with Crippen molar-refractivity contribution in [3.63, 3.8) is 0 Å². The van der Waals surface area contributed by atoms with Crippen LogP contribution in [0.1, 0.15) is 22.1 Å². The fraction of sp³-hybridized carbons (Fsp3) is 0.286. The summed E-state index contributed by atoms with van der Waals surface area (Å²) in [6.07, 6.45) is 0.191. The predicted molar refractivity (Wildman–Crippen MR) is 70.7 cm³/mol. The summed E-state index contributed by atoms with van der Waals surface area (Å²) in [5, 5.41) is 12.0. The van der Waals surface area contributed by atoms with Crippen molar-refractivity contribution in [3.05, 3.63) is 51.7 Å². The highest BCUT2D eigenvalue weighted by molar-refractivity contribution is 7.10. The zero-order chi connectivity index (χ0) is 12.3. The van der Waals surface area contributed by atoms with E-state index in [1.165, 1.54) is 16.9 Å². The molecule has 1 N–H and O–H groups in total. The van der Waals surface area contributed by atoms with Crippen molar-refractivity contribution in [2.24, 2.45) is 0 Å². The minimum absolute atomic E-state index is 0.453. The molecule has 1 unspecified atom stereocenters. The number of ether oxygens (including phenoxy) is 1. The average Bonchev–Trinajstić information content (AvgIpc) is 2.77. The Labute approximate surface area is 105 Å². The van der Waals surface area contributed by atoms with Crippen LogP contribution in [0.4, 0.5) is 0 Å². The number of hydrogen-bond acceptors (Lipinski definition) is 3. The van der Waals surface area contributed by atoms with Crippen molar-refractivity contribution < 1.29 is 9.84 Å². The van der Waals surface area contributed by atoms with Crippen LogP contribution >= 0.6 is 11.3 Å². The molecule has 0 aliphatic heterocycles. The SMILES string of the molecule is COc1csc(C(O)Cc2cccc(C)c2)c1. The summed E-state index contributed by atoms with van der Waals surface area (Å²) < 4.78 is 5.11. The van der Waals surface area contributed by atoms with Gasteiger partial charge in [0.2, 0.25) is 0 Å². The number of rotatable bonds is 4. The lowest BCUT2D eigenvalue weighted by molar-refractivity contribution is 0.182. The third-order valence-corrected chi connectivity index (χ3v) is 3.68. The van der Waals surface area contributed by atoms with Gasteiger partial charge in [-0.05, 0) is 18.6 Å². The van der Waals surface area contributed by atoms with Gasteiger partial charge in [-0.1, -0.05) is 29.8 Å². The molecule has 0 saturated heterocycles. The summed E-state index contributed by atoms with van der Waals surface area (Å²) in [6.45, 7) is 2.06. The van der Waals surface area contributed by atoms with Gasteiger partial charge in [0.05, 0.1) is 13.2 Å². The van der Waals surface area contributed by atoms with Crippen LogP contribution in [0.15, 0.2) is 35.7 Å². The third-order valence-electron chi connectivity index (χ3n) is 2.67. The van der Waals surface area contributed by atoms with Crippen LogP contribution in [0, 0.1) is 6.92 Å². The molecule has 0 spiro atoms. The standard InChI is InChI=1S/C14H16O2S/c1-10-4-3-5-11(6-10)7-13(15)14-8-12(16-2)9-17-14/h3-6,8-9,13,15H,7H2,1-2H3. The van der Waals surface area contributed by atoms with Crippen LogP contribution in [0.3, 0.4) is 0 Å². The summed E-state index contributed by atoms with van der Waals surface area (Å²) in [7, 11) is 1.64. The van der Waals surface area contributed by atoms with Gasteiger partial charge in [0, 0.05) is 16.7 Å². The van der Waals surface area contributed by atoms with Gasteiger partial charge in [-0.25, -0.2) is 0 Å². The molecule has 1 aromatic heterocycles. The van der Waals surface area contributed by atoms with Crippen LogP contribution in [0.5, 0.6) is 5.75 Å². The number of aliphatic hydroxyl groups excluding tert-OH is 1. The van der Waals surface area contributed by atoms with Gasteiger partial charge in [-0.2, -0.15) is 0 Å². The van der Waals surface area contributed by atoms with E-state index in [0.717, 1.165) is 16.2 Å². The van der Waals surface area contributed by atoms with E-state index in [-0.39, 0.29) is 0 Å². The third kappa shape index (κ3) is 3.08. The van der Waals surface area contributed by atoms with E-state index in [1.54, 1.807) is 7.11 Å². The van der Waals surface area contributed by atoms with Crippen LogP contribution in [0.25, 0.3) is 0 Å². The molecule has 17 heavy (non-hydrogen) atoms. The number of methoxy groups -OCH3 is 1. The first-order valence-corrected chi connectivity index (χ1v) is 6.43. The minimum Gasteiger partial charge on any atom is -0.496 e. The fourth-order valence-electron chi connectivity index (χ4n) is 1.78. The quantitative estimate of drug-likeness (QED) is 0.899. The molecule has 2 rings (SSSR count). The number of aliphatic hydroxyl groups is 1. The molecule has 1 aromatic carbocycles. The van der Waals surface area contributed by atoms with Crippen LogP contribution in [-0.2, 0) is 6.42 Å². The van der Waals surface area contributed by atoms with E-state index in [1.807, 2.05) is 23.6 Å². The topological polar surface area (TPSA) is 29.5 Å². The number of benzene rings is 1. The van der Waals surface area contributed by atoms with Crippen LogP contribution < -0.4 is 4.74 Å². The largest absolute Gasteiger partial charge is 0.496 e. The van der Waals surface area contributed by atoms with Crippen molar-refractivity contribution in [2.75, 3.05) is 7.11 Å². The Morgan fingerprint density at radius 2 is 2.18 bits per heavy atom. The maximum absolute atomic E-state index is 10.1. The predicted octanol–water partition coefficient (Wildman–Crippen LogP) is 3.34. The molecule has 90 valence electrons. The minimum atomic E-state index is -0.453. The van der Waals surface area contributed by atoms with Crippen molar-refractivity contribution in [1.29, 1.82) is 0 Å². The lowest BCUT2D eigenvalue weighted by atomic mass is 10.0. The van der Waals surface area contributed by atoms with E-state index in [9.17, 15) is 5.11 Å². The maximum atomic E-state index is 10.1. The number of hydrogen-bond donors (Lipinski definition) is 1. The molecule has 1 heterocycles. The van der Waals surface area contributed by atoms with Gasteiger partial charge in [-0.15, -0.1) is 11.3 Å². The number of aryl methyl sites for hydroxylation is 1. The maximum Gasteiger partial charge on any atom is 0.129 e. The zero-order valence-corrected chi connectivity index (χ0v) is 10.8. The first kappa shape index (κ1) is 12.1. The lowest BCUT2D eigenvalue weighted by Crippen LogP contribution is -1.99. The highest BCUT2D eigenvalue weighted by Crippen LogP contribution is 2.28. The van der Waals surface area contributed by atoms with Crippen molar-refractivity contribution in [3.8, 4) is 5.75 Å². The Morgan fingerprint density at radius 3 is 2.82 bits per heavy atom. The molecule has 0 bridgehead atoms. The molecule has 0 fully saturated rings. The van der Waals surface area contributed by atoms with Gasteiger partial charge >= 0.3 is 0 Å². The Bertz CT molecular complexity index is 490. The summed E-state index contributed by atoms with van der Waals surface area (Å²) in [4.78, 5) is 0.948. The van der Waals surface area contributed by atoms with E-state index < -0.39 is 6.10 Å². The second-order valence-electron chi connectivity index (χ2n) is 4.10. The van der Waals surface area contributed by atoms with Crippen LogP contribution in [-0.4, -0.2) is 12.2 Å². The molecular formula is C14H16O2S. The molecule has 2 aromatic rings. The van der Waals surface area contributed by atoms with Crippen molar-refractivity contribution in [2.45, 2.75) is 19.4 Å². The average molecular weight is 248 g/mol. The van der Waals surface area contributed by atoms with E-state index in [4.69, 9.17) is 4.74 Å². The molecule has 3 heteroatoms. The van der Waals surface area contributed by atoms with E-state index in [2.05, 4.69) is 19.1 Å². The van der Waals surface area contributed by atoms with Gasteiger partial charge in [-0.3, -0.25) is 0 Å². The summed E-state index contributed by atoms with van der Waals surface area (Å²) in [5.74, 6) is 0.813. The highest BCUT2D eigenvalue weighted by Gasteiger charge is 2.11. The fourth-order valence-corrected chi connectivity index (χ4v) is 2.62. The summed E-state index contributed by atoms with van der Waals surface area (Å²) in [6, 6.07) is 10.1. The number of thiophene rings is 1. The molecule has 0 aliphatic carbocycles. The Balaban J connectivity index is 2.08. The highest BCUT2D eigenvalue weighted by atomic mass is 32.1. The molecule has 0 aliphatic rings. The molecule has 1 atom stereocenters. The molecule has 2 nitrogen and oxygen atoms in total. The second kappa shape index (κ2) is 5.34. The zero-order valence-electron chi connectivity index (χ0n) is 10.0. The monoisotopic (exact) mass is 248 g/mol. The molecular weight excluding hydrogens is 232 g/mol. The molecule has 0 radical (unpaired) electrons. The Kier molecular flexibility index (Phi) is 3.82. The summed E-state index contributed by atoms with van der Waals surface area (Å²) >= 11 is 1.53. The molecule has 0 saturated carbocycles. The normalized spacial score (nSPS) is 12.4. The van der Waals surface area contributed by atoms with Crippen molar-refractivity contribution in [1.82, 2.24) is 0 Å². The second-order valence-corrected chi connectivity index (χ2v) is 5.04. The Morgan fingerprint density at radius 1 is 1.35 bits per heavy atom. The smallest absolute Gasteiger partial charge is 0.129 e.